The lowest BCUT2D eigenvalue weighted by molar-refractivity contribution is 1.39. The van der Waals surface area contributed by atoms with Crippen LogP contribution in [0.3, 0.4) is 0 Å². The summed E-state index contributed by atoms with van der Waals surface area (Å²) in [5, 5.41) is 0. The molecule has 0 bridgehead atoms. The standard InChI is InChI=1S/C7H5Br2I/c1-4-2-5(8)3-6(10)7(4)9/h2-3H,1H3. The van der Waals surface area contributed by atoms with Crippen molar-refractivity contribution in [1.82, 2.24) is 0 Å². The predicted molar refractivity (Wildman–Crippen MR) is 59.3 cm³/mol. The smallest absolute Gasteiger partial charge is 0.0338 e. The molecule has 0 nitrogen and oxygen atoms in total. The van der Waals surface area contributed by atoms with Crippen LogP contribution in [0, 0.1) is 10.5 Å². The van der Waals surface area contributed by atoms with Gasteiger partial charge in [-0.15, -0.1) is 0 Å². The van der Waals surface area contributed by atoms with Gasteiger partial charge in [0.15, 0.2) is 0 Å². The van der Waals surface area contributed by atoms with Crippen LogP contribution in [0.2, 0.25) is 0 Å². The number of hydrogen-bond acceptors (Lipinski definition) is 0. The summed E-state index contributed by atoms with van der Waals surface area (Å²) < 4.78 is 3.57. The number of rotatable bonds is 0. The van der Waals surface area contributed by atoms with Crippen LogP contribution in [0.4, 0.5) is 0 Å². The van der Waals surface area contributed by atoms with E-state index >= 15 is 0 Å². The van der Waals surface area contributed by atoms with Crippen molar-refractivity contribution in [3.63, 3.8) is 0 Å². The van der Waals surface area contributed by atoms with Crippen LogP contribution in [0.15, 0.2) is 21.1 Å². The van der Waals surface area contributed by atoms with Gasteiger partial charge >= 0.3 is 0 Å². The zero-order valence-electron chi connectivity index (χ0n) is 5.29. The van der Waals surface area contributed by atoms with Gasteiger partial charge in [0.2, 0.25) is 0 Å². The second-order valence-corrected chi connectivity index (χ2v) is 4.89. The van der Waals surface area contributed by atoms with E-state index in [1.54, 1.807) is 0 Å². The van der Waals surface area contributed by atoms with Crippen LogP contribution in [0.25, 0.3) is 0 Å². The highest BCUT2D eigenvalue weighted by atomic mass is 127. The molecule has 54 valence electrons. The molecule has 1 aromatic rings. The zero-order valence-corrected chi connectivity index (χ0v) is 10.6. The largest absolute Gasteiger partial charge is 0.0508 e. The van der Waals surface area contributed by atoms with Crippen molar-refractivity contribution in [1.29, 1.82) is 0 Å². The summed E-state index contributed by atoms with van der Waals surface area (Å²) in [4.78, 5) is 0. The molecule has 0 radical (unpaired) electrons. The van der Waals surface area contributed by atoms with Crippen LogP contribution >= 0.6 is 54.5 Å². The summed E-state index contributed by atoms with van der Waals surface area (Å²) in [6.07, 6.45) is 0. The minimum Gasteiger partial charge on any atom is -0.0508 e. The predicted octanol–water partition coefficient (Wildman–Crippen LogP) is 4.12. The molecular formula is C7H5Br2I. The van der Waals surface area contributed by atoms with Crippen LogP contribution in [0.1, 0.15) is 5.56 Å². The van der Waals surface area contributed by atoms with Crippen molar-refractivity contribution in [2.75, 3.05) is 0 Å². The van der Waals surface area contributed by atoms with E-state index in [-0.39, 0.29) is 0 Å². The lowest BCUT2D eigenvalue weighted by Gasteiger charge is -2.00. The average molecular weight is 376 g/mol. The maximum absolute atomic E-state index is 3.48. The molecule has 0 amide bonds. The first-order valence-electron chi connectivity index (χ1n) is 2.72. The first-order chi connectivity index (χ1) is 4.61. The zero-order chi connectivity index (χ0) is 7.72. The molecule has 0 unspecified atom stereocenters. The van der Waals surface area contributed by atoms with Gasteiger partial charge in [-0.2, -0.15) is 0 Å². The number of hydrogen-bond donors (Lipinski definition) is 0. The third-order valence-electron chi connectivity index (χ3n) is 1.17. The summed E-state index contributed by atoms with van der Waals surface area (Å²) in [5.41, 5.74) is 1.26. The minimum absolute atomic E-state index is 1.14. The fourth-order valence-corrected chi connectivity index (χ4v) is 2.67. The highest BCUT2D eigenvalue weighted by Crippen LogP contribution is 2.26. The Morgan fingerprint density at radius 1 is 1.30 bits per heavy atom. The molecule has 0 spiro atoms. The average Bonchev–Trinajstić information content (AvgIpc) is 1.82. The molecule has 0 aliphatic heterocycles. The Hall–Kier alpha value is 0.910. The Labute approximate surface area is 90.8 Å². The Balaban J connectivity index is 3.31. The molecule has 0 aromatic heterocycles. The van der Waals surface area contributed by atoms with Gasteiger partial charge in [0.25, 0.3) is 0 Å². The molecule has 1 rings (SSSR count). The molecule has 10 heavy (non-hydrogen) atoms. The molecule has 0 saturated heterocycles. The van der Waals surface area contributed by atoms with Crippen LogP contribution in [-0.2, 0) is 0 Å². The van der Waals surface area contributed by atoms with E-state index in [0.29, 0.717) is 0 Å². The molecule has 0 N–H and O–H groups in total. The van der Waals surface area contributed by atoms with Crippen molar-refractivity contribution < 1.29 is 0 Å². The lowest BCUT2D eigenvalue weighted by atomic mass is 10.2. The topological polar surface area (TPSA) is 0 Å². The van der Waals surface area contributed by atoms with Crippen LogP contribution < -0.4 is 0 Å². The van der Waals surface area contributed by atoms with Gasteiger partial charge in [0, 0.05) is 12.5 Å². The van der Waals surface area contributed by atoms with Crippen molar-refractivity contribution in [3.8, 4) is 0 Å². The SMILES string of the molecule is Cc1cc(Br)cc(I)c1Br. The van der Waals surface area contributed by atoms with Gasteiger partial charge in [-0.25, -0.2) is 0 Å². The highest BCUT2D eigenvalue weighted by Gasteiger charge is 2.00. The third-order valence-corrected chi connectivity index (χ3v) is 4.28. The van der Waals surface area contributed by atoms with E-state index in [0.717, 1.165) is 4.47 Å². The fraction of sp³-hybridized carbons (Fsp3) is 0.143. The monoisotopic (exact) mass is 374 g/mol. The van der Waals surface area contributed by atoms with Gasteiger partial charge in [0.1, 0.15) is 0 Å². The fourth-order valence-electron chi connectivity index (χ4n) is 0.685. The Bertz CT molecular complexity index is 235. The van der Waals surface area contributed by atoms with Crippen molar-refractivity contribution in [2.45, 2.75) is 6.92 Å². The summed E-state index contributed by atoms with van der Waals surface area (Å²) in [7, 11) is 0. The number of aryl methyl sites for hydroxylation is 1. The van der Waals surface area contributed by atoms with Gasteiger partial charge in [-0.05, 0) is 63.1 Å². The molecule has 0 atom stereocenters. The molecule has 3 heteroatoms. The molecule has 0 aliphatic carbocycles. The second kappa shape index (κ2) is 3.54. The van der Waals surface area contributed by atoms with E-state index in [1.165, 1.54) is 13.6 Å². The Morgan fingerprint density at radius 2 is 1.90 bits per heavy atom. The summed E-state index contributed by atoms with van der Waals surface area (Å²) >= 11 is 9.21. The summed E-state index contributed by atoms with van der Waals surface area (Å²) in [5.74, 6) is 0. The van der Waals surface area contributed by atoms with Gasteiger partial charge in [-0.3, -0.25) is 0 Å². The van der Waals surface area contributed by atoms with Crippen molar-refractivity contribution >= 4 is 54.5 Å². The van der Waals surface area contributed by atoms with Crippen LogP contribution in [-0.4, -0.2) is 0 Å². The number of halogens is 3. The van der Waals surface area contributed by atoms with Crippen molar-refractivity contribution in [3.05, 3.63) is 30.2 Å². The molecule has 0 heterocycles. The first kappa shape index (κ1) is 9.00. The maximum Gasteiger partial charge on any atom is 0.0338 e. The van der Waals surface area contributed by atoms with Gasteiger partial charge in [-0.1, -0.05) is 15.9 Å². The van der Waals surface area contributed by atoms with E-state index in [2.05, 4.69) is 73.5 Å². The van der Waals surface area contributed by atoms with E-state index < -0.39 is 0 Å². The first-order valence-corrected chi connectivity index (χ1v) is 5.39. The second-order valence-electron chi connectivity index (χ2n) is 2.02. The quantitative estimate of drug-likeness (QED) is 0.472. The van der Waals surface area contributed by atoms with E-state index in [1.807, 2.05) is 0 Å². The number of benzene rings is 1. The van der Waals surface area contributed by atoms with Gasteiger partial charge in [0.05, 0.1) is 0 Å². The highest BCUT2D eigenvalue weighted by molar-refractivity contribution is 14.1. The van der Waals surface area contributed by atoms with E-state index in [4.69, 9.17) is 0 Å². The maximum atomic E-state index is 3.48. The third kappa shape index (κ3) is 1.95. The molecule has 0 aliphatic rings. The summed E-state index contributed by atoms with van der Waals surface area (Å²) in [6, 6.07) is 4.17. The van der Waals surface area contributed by atoms with Gasteiger partial charge < -0.3 is 0 Å². The molecule has 1 aromatic carbocycles. The summed E-state index contributed by atoms with van der Waals surface area (Å²) in [6.45, 7) is 2.08. The lowest BCUT2D eigenvalue weighted by Crippen LogP contribution is -1.80. The van der Waals surface area contributed by atoms with Crippen LogP contribution in [0.5, 0.6) is 0 Å². The van der Waals surface area contributed by atoms with Crippen molar-refractivity contribution in [2.24, 2.45) is 0 Å². The minimum atomic E-state index is 1.14. The Kier molecular flexibility index (Phi) is 3.19. The molecule has 0 fully saturated rings. The normalized spacial score (nSPS) is 10.0. The molecular weight excluding hydrogens is 371 g/mol. The van der Waals surface area contributed by atoms with E-state index in [9.17, 15) is 0 Å². The molecule has 0 saturated carbocycles. The Morgan fingerprint density at radius 3 is 2.40 bits per heavy atom.